The number of fused-ring (bicyclic) bond motifs is 2. The van der Waals surface area contributed by atoms with E-state index >= 15 is 0 Å². The van der Waals surface area contributed by atoms with Gasteiger partial charge in [0.25, 0.3) is 0 Å². The molecule has 4 atom stereocenters. The van der Waals surface area contributed by atoms with Gasteiger partial charge < -0.3 is 19.3 Å². The lowest BCUT2D eigenvalue weighted by Gasteiger charge is -2.20. The van der Waals surface area contributed by atoms with Crippen molar-refractivity contribution in [2.24, 2.45) is 0 Å². The molecule has 1 fully saturated rings. The maximum atomic E-state index is 12.3. The van der Waals surface area contributed by atoms with E-state index in [1.54, 1.807) is 6.92 Å². The minimum atomic E-state index is -0.675. The predicted octanol–water partition coefficient (Wildman–Crippen LogP) is 2.62. The third-order valence-corrected chi connectivity index (χ3v) is 4.74. The summed E-state index contributed by atoms with van der Waals surface area (Å²) in [7, 11) is 0. The highest BCUT2D eigenvalue weighted by Crippen LogP contribution is 2.29. The summed E-state index contributed by atoms with van der Waals surface area (Å²) in [6, 6.07) is 0. The zero-order chi connectivity index (χ0) is 18.4. The molecular formula is C18H25ClO6. The van der Waals surface area contributed by atoms with Crippen LogP contribution in [0.25, 0.3) is 0 Å². The normalized spacial score (nSPS) is 35.6. The van der Waals surface area contributed by atoms with Gasteiger partial charge in [0.05, 0.1) is 19.1 Å². The van der Waals surface area contributed by atoms with E-state index in [9.17, 15) is 14.7 Å². The largest absolute Gasteiger partial charge is 0.459 e. The number of ether oxygens (including phenoxy) is 3. The van der Waals surface area contributed by atoms with Gasteiger partial charge in [-0.05, 0) is 31.8 Å². The fourth-order valence-corrected chi connectivity index (χ4v) is 3.24. The van der Waals surface area contributed by atoms with Crippen LogP contribution in [0.3, 0.4) is 0 Å². The Labute approximate surface area is 152 Å². The Morgan fingerprint density at radius 2 is 2.20 bits per heavy atom. The first kappa shape index (κ1) is 19.9. The standard InChI is InChI=1S/C18H25ClO6/c1-11-4-3-5-13(19)6-7-14-8-16(17(10-20)24-14)25-18(22)9-15(11)23-12(2)21/h4-5,14-17,20H,3,6-10H2,1-2H3/b11-4-,13-5+/t14-,15-,16-,17-/m1/s1. The lowest BCUT2D eigenvalue weighted by Crippen LogP contribution is -2.32. The molecule has 2 rings (SSSR count). The summed E-state index contributed by atoms with van der Waals surface area (Å²) in [5.41, 5.74) is 0.768. The summed E-state index contributed by atoms with van der Waals surface area (Å²) < 4.78 is 16.5. The molecule has 25 heavy (non-hydrogen) atoms. The number of carbonyl (C=O) groups is 2. The van der Waals surface area contributed by atoms with E-state index in [1.165, 1.54) is 6.92 Å². The van der Waals surface area contributed by atoms with Crippen LogP contribution in [-0.2, 0) is 23.8 Å². The number of halogens is 1. The average Bonchev–Trinajstić information content (AvgIpc) is 2.92. The van der Waals surface area contributed by atoms with E-state index < -0.39 is 30.3 Å². The highest BCUT2D eigenvalue weighted by molar-refractivity contribution is 6.29. The minimum Gasteiger partial charge on any atom is -0.459 e. The van der Waals surface area contributed by atoms with E-state index in [1.807, 2.05) is 12.2 Å². The van der Waals surface area contributed by atoms with Crippen LogP contribution in [0.1, 0.15) is 46.0 Å². The maximum Gasteiger partial charge on any atom is 0.310 e. The lowest BCUT2D eigenvalue weighted by atomic mass is 10.0. The van der Waals surface area contributed by atoms with E-state index in [2.05, 4.69) is 0 Å². The Bertz CT molecular complexity index is 556. The minimum absolute atomic E-state index is 0.0708. The highest BCUT2D eigenvalue weighted by atomic mass is 35.5. The monoisotopic (exact) mass is 372 g/mol. The molecule has 7 heteroatoms. The zero-order valence-corrected chi connectivity index (χ0v) is 15.3. The molecule has 2 heterocycles. The zero-order valence-electron chi connectivity index (χ0n) is 14.6. The fraction of sp³-hybridized carbons (Fsp3) is 0.667. The van der Waals surface area contributed by atoms with Crippen LogP contribution in [-0.4, -0.2) is 48.1 Å². The second-order valence-corrected chi connectivity index (χ2v) is 6.90. The van der Waals surface area contributed by atoms with Gasteiger partial charge in [-0.25, -0.2) is 0 Å². The third kappa shape index (κ3) is 6.13. The number of aliphatic hydroxyl groups excluding tert-OH is 1. The number of carbonyl (C=O) groups excluding carboxylic acids is 2. The fourth-order valence-electron chi connectivity index (χ4n) is 3.04. The Hall–Kier alpha value is -1.37. The molecule has 0 aromatic rings. The molecule has 0 aromatic carbocycles. The van der Waals surface area contributed by atoms with Gasteiger partial charge in [-0.2, -0.15) is 0 Å². The molecule has 2 aliphatic rings. The van der Waals surface area contributed by atoms with Gasteiger partial charge in [-0.15, -0.1) is 0 Å². The predicted molar refractivity (Wildman–Crippen MR) is 92.0 cm³/mol. The molecule has 0 aromatic heterocycles. The maximum absolute atomic E-state index is 12.3. The molecule has 2 aliphatic heterocycles. The van der Waals surface area contributed by atoms with Gasteiger partial charge in [-0.3, -0.25) is 9.59 Å². The summed E-state index contributed by atoms with van der Waals surface area (Å²) in [6.45, 7) is 2.89. The molecule has 140 valence electrons. The number of hydrogen-bond acceptors (Lipinski definition) is 6. The summed E-state index contributed by atoms with van der Waals surface area (Å²) >= 11 is 6.24. The molecule has 0 radical (unpaired) electrons. The Morgan fingerprint density at radius 1 is 1.44 bits per heavy atom. The van der Waals surface area contributed by atoms with Crippen LogP contribution in [0.2, 0.25) is 0 Å². The van der Waals surface area contributed by atoms with Crippen LogP contribution in [0.15, 0.2) is 22.8 Å². The number of rotatable bonds is 2. The average molecular weight is 373 g/mol. The van der Waals surface area contributed by atoms with Crippen molar-refractivity contribution < 1.29 is 28.9 Å². The van der Waals surface area contributed by atoms with Crippen molar-refractivity contribution in [3.63, 3.8) is 0 Å². The smallest absolute Gasteiger partial charge is 0.310 e. The molecule has 0 aliphatic carbocycles. The van der Waals surface area contributed by atoms with Crippen molar-refractivity contribution in [2.45, 2.75) is 70.4 Å². The number of allylic oxidation sites excluding steroid dienone is 3. The summed E-state index contributed by atoms with van der Waals surface area (Å²) in [5.74, 6) is -0.935. The van der Waals surface area contributed by atoms with Crippen molar-refractivity contribution in [2.75, 3.05) is 6.61 Å². The van der Waals surface area contributed by atoms with Crippen LogP contribution in [0.4, 0.5) is 0 Å². The molecule has 0 unspecified atom stereocenters. The number of hydrogen-bond donors (Lipinski definition) is 1. The number of aliphatic hydroxyl groups is 1. The Balaban J connectivity index is 2.19. The topological polar surface area (TPSA) is 82.1 Å². The van der Waals surface area contributed by atoms with Gasteiger partial charge in [0.2, 0.25) is 0 Å². The van der Waals surface area contributed by atoms with Gasteiger partial charge in [-0.1, -0.05) is 23.8 Å². The van der Waals surface area contributed by atoms with Crippen LogP contribution >= 0.6 is 11.6 Å². The first-order valence-corrected chi connectivity index (χ1v) is 8.91. The highest BCUT2D eigenvalue weighted by Gasteiger charge is 2.37. The molecule has 0 saturated carbocycles. The van der Waals surface area contributed by atoms with Crippen LogP contribution in [0, 0.1) is 0 Å². The first-order valence-electron chi connectivity index (χ1n) is 8.53. The van der Waals surface area contributed by atoms with Crippen molar-refractivity contribution >= 4 is 23.5 Å². The van der Waals surface area contributed by atoms with E-state index in [0.717, 1.165) is 10.6 Å². The molecule has 6 nitrogen and oxygen atoms in total. The summed E-state index contributed by atoms with van der Waals surface area (Å²) in [4.78, 5) is 23.6. The van der Waals surface area contributed by atoms with Gasteiger partial charge in [0.1, 0.15) is 18.3 Å². The lowest BCUT2D eigenvalue weighted by molar-refractivity contribution is -0.158. The second kappa shape index (κ2) is 9.36. The van der Waals surface area contributed by atoms with Crippen LogP contribution in [0.5, 0.6) is 0 Å². The van der Waals surface area contributed by atoms with Gasteiger partial charge in [0, 0.05) is 18.4 Å². The Kier molecular flexibility index (Phi) is 7.47. The van der Waals surface area contributed by atoms with Crippen molar-refractivity contribution in [1.29, 1.82) is 0 Å². The van der Waals surface area contributed by atoms with E-state index in [-0.39, 0.29) is 19.1 Å². The quantitative estimate of drug-likeness (QED) is 0.592. The first-order chi connectivity index (χ1) is 11.9. The Morgan fingerprint density at radius 3 is 2.88 bits per heavy atom. The van der Waals surface area contributed by atoms with Crippen molar-refractivity contribution in [1.82, 2.24) is 0 Å². The molecule has 0 amide bonds. The van der Waals surface area contributed by atoms with Gasteiger partial charge in [0.15, 0.2) is 0 Å². The molecule has 0 spiro atoms. The molecule has 1 saturated heterocycles. The molecule has 1 N–H and O–H groups in total. The molecular weight excluding hydrogens is 348 g/mol. The summed E-state index contributed by atoms with van der Waals surface area (Å²) in [6.07, 6.45) is 4.36. The second-order valence-electron chi connectivity index (χ2n) is 6.42. The van der Waals surface area contributed by atoms with Gasteiger partial charge >= 0.3 is 11.9 Å². The molecule has 2 bridgehead atoms. The van der Waals surface area contributed by atoms with E-state index in [0.29, 0.717) is 25.7 Å². The van der Waals surface area contributed by atoms with Crippen LogP contribution < -0.4 is 0 Å². The van der Waals surface area contributed by atoms with E-state index in [4.69, 9.17) is 25.8 Å². The van der Waals surface area contributed by atoms with Crippen molar-refractivity contribution in [3.8, 4) is 0 Å². The summed E-state index contributed by atoms with van der Waals surface area (Å²) in [5, 5.41) is 10.2. The van der Waals surface area contributed by atoms with Crippen molar-refractivity contribution in [3.05, 3.63) is 22.8 Å². The number of esters is 2. The third-order valence-electron chi connectivity index (χ3n) is 4.39. The SMILES string of the molecule is CC(=O)O[C@@H]1CC(=O)O[C@@H]2C[C@@H](CC/C(Cl)=C\C/C=C\1C)O[C@@H]2CO.